The third-order valence-electron chi connectivity index (χ3n) is 5.37. The van der Waals surface area contributed by atoms with E-state index in [4.69, 9.17) is 0 Å². The van der Waals surface area contributed by atoms with Gasteiger partial charge in [-0.05, 0) is 42.3 Å². The van der Waals surface area contributed by atoms with Gasteiger partial charge in [-0.15, -0.1) is 0 Å². The molecule has 31 heavy (non-hydrogen) atoms. The molecule has 0 fully saturated rings. The van der Waals surface area contributed by atoms with Crippen molar-refractivity contribution in [3.63, 3.8) is 0 Å². The molecule has 0 unspecified atom stereocenters. The monoisotopic (exact) mass is 411 g/mol. The summed E-state index contributed by atoms with van der Waals surface area (Å²) in [6.45, 7) is 2.07. The molecule has 0 saturated heterocycles. The molecule has 1 aromatic heterocycles. The highest BCUT2D eigenvalue weighted by Gasteiger charge is 2.13. The SMILES string of the molecule is Cc1ccc(Cc2[nH]/c(=N\C(=O)c3ccccc3)n(C)c2Cc2ccc(O)cc2)cc1. The normalized spacial score (nSPS) is 11.6. The average Bonchev–Trinajstić information content (AvgIpc) is 3.06. The lowest BCUT2D eigenvalue weighted by molar-refractivity contribution is 0.0996. The van der Waals surface area contributed by atoms with E-state index in [9.17, 15) is 9.90 Å². The van der Waals surface area contributed by atoms with Crippen molar-refractivity contribution < 1.29 is 9.90 Å². The summed E-state index contributed by atoms with van der Waals surface area (Å²) in [5.74, 6) is -0.0401. The number of phenolic OH excluding ortho intramolecular Hbond substituents is 1. The van der Waals surface area contributed by atoms with Gasteiger partial charge in [0.1, 0.15) is 5.75 Å². The Morgan fingerprint density at radius 3 is 2.19 bits per heavy atom. The van der Waals surface area contributed by atoms with Crippen LogP contribution in [0.2, 0.25) is 0 Å². The topological polar surface area (TPSA) is 70.4 Å². The van der Waals surface area contributed by atoms with Gasteiger partial charge in [0.15, 0.2) is 0 Å². The number of aromatic amines is 1. The van der Waals surface area contributed by atoms with Crippen molar-refractivity contribution in [2.24, 2.45) is 12.0 Å². The van der Waals surface area contributed by atoms with E-state index < -0.39 is 0 Å². The number of aromatic hydroxyl groups is 1. The fourth-order valence-electron chi connectivity index (χ4n) is 3.55. The maximum absolute atomic E-state index is 12.7. The van der Waals surface area contributed by atoms with Crippen molar-refractivity contribution in [2.45, 2.75) is 19.8 Å². The maximum atomic E-state index is 12.7. The standard InChI is InChI=1S/C26H25N3O2/c1-18-8-10-19(11-9-18)16-23-24(17-20-12-14-22(30)15-13-20)29(2)26(27-23)28-25(31)21-6-4-3-5-7-21/h3-15,30H,16-17H2,1-2H3,(H,27,28,31). The minimum Gasteiger partial charge on any atom is -0.508 e. The van der Waals surface area contributed by atoms with Gasteiger partial charge in [0.2, 0.25) is 5.62 Å². The molecular formula is C26H25N3O2. The van der Waals surface area contributed by atoms with Crippen LogP contribution in [0.15, 0.2) is 83.9 Å². The maximum Gasteiger partial charge on any atom is 0.280 e. The van der Waals surface area contributed by atoms with E-state index in [1.807, 2.05) is 41.9 Å². The Kier molecular flexibility index (Phi) is 5.85. The van der Waals surface area contributed by atoms with Crippen LogP contribution in [0.3, 0.4) is 0 Å². The Morgan fingerprint density at radius 2 is 1.52 bits per heavy atom. The number of aryl methyl sites for hydroxylation is 1. The minimum atomic E-state index is -0.282. The van der Waals surface area contributed by atoms with Crippen LogP contribution in [0.4, 0.5) is 0 Å². The number of nitrogens with zero attached hydrogens (tertiary/aromatic N) is 2. The van der Waals surface area contributed by atoms with E-state index in [2.05, 4.69) is 41.2 Å². The number of imidazole rings is 1. The van der Waals surface area contributed by atoms with Gasteiger partial charge in [0, 0.05) is 36.8 Å². The van der Waals surface area contributed by atoms with Crippen molar-refractivity contribution in [1.29, 1.82) is 0 Å². The van der Waals surface area contributed by atoms with Crippen LogP contribution in [0.1, 0.15) is 38.4 Å². The quantitative estimate of drug-likeness (QED) is 0.514. The van der Waals surface area contributed by atoms with Crippen molar-refractivity contribution in [3.05, 3.63) is 118 Å². The molecule has 4 rings (SSSR count). The van der Waals surface area contributed by atoms with E-state index in [1.165, 1.54) is 11.1 Å². The molecule has 0 bridgehead atoms. The van der Waals surface area contributed by atoms with Gasteiger partial charge < -0.3 is 14.7 Å². The van der Waals surface area contributed by atoms with Crippen LogP contribution in [-0.2, 0) is 19.9 Å². The highest BCUT2D eigenvalue weighted by atomic mass is 16.3. The van der Waals surface area contributed by atoms with Crippen LogP contribution in [0.5, 0.6) is 5.75 Å². The molecule has 4 aromatic rings. The molecule has 0 aliphatic heterocycles. The lowest BCUT2D eigenvalue weighted by Gasteiger charge is -2.08. The smallest absolute Gasteiger partial charge is 0.280 e. The summed E-state index contributed by atoms with van der Waals surface area (Å²) < 4.78 is 1.94. The van der Waals surface area contributed by atoms with E-state index in [0.717, 1.165) is 17.0 Å². The summed E-state index contributed by atoms with van der Waals surface area (Å²) in [7, 11) is 1.92. The third-order valence-corrected chi connectivity index (χ3v) is 5.37. The Morgan fingerprint density at radius 1 is 0.903 bits per heavy atom. The van der Waals surface area contributed by atoms with Gasteiger partial charge in [0.05, 0.1) is 0 Å². The lowest BCUT2D eigenvalue weighted by Crippen LogP contribution is -2.19. The van der Waals surface area contributed by atoms with Gasteiger partial charge in [-0.25, -0.2) is 0 Å². The molecule has 0 radical (unpaired) electrons. The van der Waals surface area contributed by atoms with Gasteiger partial charge in [-0.3, -0.25) is 4.79 Å². The van der Waals surface area contributed by atoms with Crippen LogP contribution in [0.25, 0.3) is 0 Å². The van der Waals surface area contributed by atoms with E-state index in [1.54, 1.807) is 24.3 Å². The fourth-order valence-corrected chi connectivity index (χ4v) is 3.55. The lowest BCUT2D eigenvalue weighted by atomic mass is 10.0. The Bertz CT molecular complexity index is 1250. The largest absolute Gasteiger partial charge is 0.508 e. The Hall–Kier alpha value is -3.86. The van der Waals surface area contributed by atoms with E-state index in [-0.39, 0.29) is 11.7 Å². The van der Waals surface area contributed by atoms with Gasteiger partial charge in [-0.2, -0.15) is 4.99 Å². The number of hydrogen-bond acceptors (Lipinski definition) is 2. The molecule has 0 saturated carbocycles. The second kappa shape index (κ2) is 8.88. The number of benzene rings is 3. The van der Waals surface area contributed by atoms with Crippen LogP contribution in [-0.4, -0.2) is 20.6 Å². The molecular weight excluding hydrogens is 386 g/mol. The van der Waals surface area contributed by atoms with Crippen molar-refractivity contribution in [2.75, 3.05) is 0 Å². The first kappa shape index (κ1) is 20.4. The highest BCUT2D eigenvalue weighted by molar-refractivity contribution is 5.94. The molecule has 0 atom stereocenters. The second-order valence-corrected chi connectivity index (χ2v) is 7.72. The summed E-state index contributed by atoms with van der Waals surface area (Å²) in [5.41, 5.74) is 6.60. The number of aromatic nitrogens is 2. The number of nitrogens with one attached hydrogen (secondary N) is 1. The van der Waals surface area contributed by atoms with Crippen molar-refractivity contribution >= 4 is 5.91 Å². The summed E-state index contributed by atoms with van der Waals surface area (Å²) in [6.07, 6.45) is 1.36. The van der Waals surface area contributed by atoms with Crippen molar-refractivity contribution in [1.82, 2.24) is 9.55 Å². The summed E-state index contributed by atoms with van der Waals surface area (Å²) >= 11 is 0. The number of hydrogen-bond donors (Lipinski definition) is 2. The molecule has 5 heteroatoms. The first-order valence-electron chi connectivity index (χ1n) is 10.2. The molecule has 3 aromatic carbocycles. The van der Waals surface area contributed by atoms with E-state index >= 15 is 0 Å². The molecule has 5 nitrogen and oxygen atoms in total. The zero-order chi connectivity index (χ0) is 21.8. The van der Waals surface area contributed by atoms with Crippen molar-refractivity contribution in [3.8, 4) is 5.75 Å². The van der Waals surface area contributed by atoms with Crippen LogP contribution in [0, 0.1) is 6.92 Å². The first-order valence-corrected chi connectivity index (χ1v) is 10.2. The highest BCUT2D eigenvalue weighted by Crippen LogP contribution is 2.18. The number of phenols is 1. The minimum absolute atomic E-state index is 0.242. The predicted octanol–water partition coefficient (Wildman–Crippen LogP) is 4.29. The molecule has 2 N–H and O–H groups in total. The average molecular weight is 412 g/mol. The zero-order valence-corrected chi connectivity index (χ0v) is 17.7. The number of amides is 1. The van der Waals surface area contributed by atoms with E-state index in [0.29, 0.717) is 24.0 Å². The van der Waals surface area contributed by atoms with Gasteiger partial charge in [0.25, 0.3) is 5.91 Å². The second-order valence-electron chi connectivity index (χ2n) is 7.72. The van der Waals surface area contributed by atoms with Gasteiger partial charge >= 0.3 is 0 Å². The first-order chi connectivity index (χ1) is 15.0. The summed E-state index contributed by atoms with van der Waals surface area (Å²) in [4.78, 5) is 20.4. The predicted molar refractivity (Wildman–Crippen MR) is 121 cm³/mol. The number of H-pyrrole nitrogens is 1. The Labute approximate surface area is 181 Å². The molecule has 156 valence electrons. The number of carbonyl (C=O) groups is 1. The molecule has 0 aliphatic rings. The molecule has 1 amide bonds. The number of carbonyl (C=O) groups excluding carboxylic acids is 1. The third kappa shape index (κ3) is 4.83. The summed E-state index contributed by atoms with van der Waals surface area (Å²) in [5, 5.41) is 9.60. The number of rotatable bonds is 5. The Balaban J connectivity index is 1.74. The molecule has 0 spiro atoms. The fraction of sp³-hybridized carbons (Fsp3) is 0.154. The summed E-state index contributed by atoms with van der Waals surface area (Å²) in [6, 6.07) is 24.7. The van der Waals surface area contributed by atoms with Gasteiger partial charge in [-0.1, -0.05) is 60.2 Å². The van der Waals surface area contributed by atoms with Crippen LogP contribution >= 0.6 is 0 Å². The van der Waals surface area contributed by atoms with Crippen LogP contribution < -0.4 is 5.62 Å². The molecule has 1 heterocycles. The zero-order valence-electron chi connectivity index (χ0n) is 17.7. The molecule has 0 aliphatic carbocycles.